The number of hydrogen-bond donors (Lipinski definition) is 0. The van der Waals surface area contributed by atoms with Gasteiger partial charge >= 0.3 is 0 Å². The third-order valence-corrected chi connectivity index (χ3v) is 4.06. The monoisotopic (exact) mass is 225 g/mol. The van der Waals surface area contributed by atoms with Gasteiger partial charge in [0, 0.05) is 5.92 Å². The lowest BCUT2D eigenvalue weighted by molar-refractivity contribution is -0.133. The molecule has 0 spiro atoms. The second-order valence-electron chi connectivity index (χ2n) is 5.63. The first-order chi connectivity index (χ1) is 7.50. The van der Waals surface area contributed by atoms with Crippen LogP contribution in [0.5, 0.6) is 0 Å². The molecule has 16 heavy (non-hydrogen) atoms. The maximum Gasteiger partial charge on any atom is 0.155 e. The maximum absolute atomic E-state index is 12.4. The lowest BCUT2D eigenvalue weighted by Gasteiger charge is -2.38. The van der Waals surface area contributed by atoms with Crippen molar-refractivity contribution in [3.05, 3.63) is 0 Å². The highest BCUT2D eigenvalue weighted by atomic mass is 16.1. The first-order valence-electron chi connectivity index (χ1n) is 6.79. The number of ketones is 1. The number of likely N-dealkylation sites (tertiary alicyclic amines) is 1. The maximum atomic E-state index is 12.4. The van der Waals surface area contributed by atoms with Crippen LogP contribution in [0.25, 0.3) is 0 Å². The van der Waals surface area contributed by atoms with Gasteiger partial charge in [0.15, 0.2) is 5.78 Å². The van der Waals surface area contributed by atoms with Crippen molar-refractivity contribution in [2.45, 2.75) is 65.3 Å². The number of rotatable bonds is 4. The number of carbonyl (C=O) groups excluding carboxylic acids is 1. The number of Topliss-reactive ketones (excluding diaryl/α,β-unsaturated/α-hetero) is 1. The number of carbonyl (C=O) groups is 1. The van der Waals surface area contributed by atoms with Gasteiger partial charge in [-0.15, -0.1) is 0 Å². The Hall–Kier alpha value is -0.370. The van der Waals surface area contributed by atoms with E-state index in [1.54, 1.807) is 0 Å². The lowest BCUT2D eigenvalue weighted by Crippen LogP contribution is -2.52. The van der Waals surface area contributed by atoms with Crippen LogP contribution in [0.4, 0.5) is 0 Å². The lowest BCUT2D eigenvalue weighted by atomic mass is 9.86. The number of nitrogens with zero attached hydrogens (tertiary/aromatic N) is 1. The first-order valence-corrected chi connectivity index (χ1v) is 6.79. The van der Waals surface area contributed by atoms with E-state index in [2.05, 4.69) is 32.6 Å². The molecule has 1 aliphatic heterocycles. The second-order valence-corrected chi connectivity index (χ2v) is 5.63. The minimum Gasteiger partial charge on any atom is -0.297 e. The highest BCUT2D eigenvalue weighted by Crippen LogP contribution is 2.24. The number of hydrogen-bond acceptors (Lipinski definition) is 2. The van der Waals surface area contributed by atoms with Crippen LogP contribution in [0.2, 0.25) is 0 Å². The fourth-order valence-corrected chi connectivity index (χ4v) is 2.57. The molecule has 94 valence electrons. The summed E-state index contributed by atoms with van der Waals surface area (Å²) in [6.07, 6.45) is 6.10. The van der Waals surface area contributed by atoms with E-state index in [1.807, 2.05) is 0 Å². The summed E-state index contributed by atoms with van der Waals surface area (Å²) in [6, 6.07) is 0. The third kappa shape index (κ3) is 3.07. The van der Waals surface area contributed by atoms with Gasteiger partial charge in [0.05, 0.1) is 5.54 Å². The van der Waals surface area contributed by atoms with Crippen molar-refractivity contribution in [1.29, 1.82) is 0 Å². The fraction of sp³-hybridized carbons (Fsp3) is 0.929. The van der Waals surface area contributed by atoms with Crippen molar-refractivity contribution < 1.29 is 4.79 Å². The molecule has 1 rings (SSSR count). The summed E-state index contributed by atoms with van der Waals surface area (Å²) in [5.41, 5.74) is -0.264. The van der Waals surface area contributed by atoms with E-state index >= 15 is 0 Å². The molecule has 0 radical (unpaired) electrons. The SMILES string of the molecule is CCC(C)C(=O)C(C)(C)N1CCCCCC1. The standard InChI is InChI=1S/C14H27NO/c1-5-12(2)13(16)14(3,4)15-10-8-6-7-9-11-15/h12H,5-11H2,1-4H3. The topological polar surface area (TPSA) is 20.3 Å². The molecule has 0 amide bonds. The zero-order valence-electron chi connectivity index (χ0n) is 11.4. The Labute approximate surface area is 100 Å². The zero-order valence-corrected chi connectivity index (χ0v) is 11.4. The van der Waals surface area contributed by atoms with Gasteiger partial charge in [0.25, 0.3) is 0 Å². The largest absolute Gasteiger partial charge is 0.297 e. The summed E-state index contributed by atoms with van der Waals surface area (Å²) < 4.78 is 0. The summed E-state index contributed by atoms with van der Waals surface area (Å²) in [6.45, 7) is 10.5. The molecule has 1 aliphatic rings. The Balaban J connectivity index is 2.69. The summed E-state index contributed by atoms with van der Waals surface area (Å²) in [4.78, 5) is 14.8. The van der Waals surface area contributed by atoms with Gasteiger partial charge in [-0.2, -0.15) is 0 Å². The van der Waals surface area contributed by atoms with Crippen LogP contribution in [0.3, 0.4) is 0 Å². The molecular formula is C14H27NO. The van der Waals surface area contributed by atoms with Gasteiger partial charge in [0.2, 0.25) is 0 Å². The van der Waals surface area contributed by atoms with E-state index in [0.717, 1.165) is 19.5 Å². The molecule has 0 aromatic heterocycles. The van der Waals surface area contributed by atoms with E-state index in [-0.39, 0.29) is 11.5 Å². The molecule has 0 aliphatic carbocycles. The molecule has 1 saturated heterocycles. The first kappa shape index (κ1) is 13.7. The van der Waals surface area contributed by atoms with Crippen molar-refractivity contribution in [3.8, 4) is 0 Å². The second kappa shape index (κ2) is 5.81. The van der Waals surface area contributed by atoms with Gasteiger partial charge in [-0.05, 0) is 46.2 Å². The van der Waals surface area contributed by atoms with E-state index < -0.39 is 0 Å². The molecule has 1 atom stereocenters. The van der Waals surface area contributed by atoms with Crippen molar-refractivity contribution in [2.24, 2.45) is 5.92 Å². The Bertz CT molecular complexity index is 227. The predicted octanol–water partition coefficient (Wildman–Crippen LogP) is 3.26. The highest BCUT2D eigenvalue weighted by molar-refractivity contribution is 5.89. The molecule has 0 aromatic carbocycles. The summed E-state index contributed by atoms with van der Waals surface area (Å²) >= 11 is 0. The predicted molar refractivity (Wildman–Crippen MR) is 68.6 cm³/mol. The van der Waals surface area contributed by atoms with Crippen LogP contribution in [0.15, 0.2) is 0 Å². The van der Waals surface area contributed by atoms with Gasteiger partial charge in [-0.3, -0.25) is 9.69 Å². The van der Waals surface area contributed by atoms with E-state index in [0.29, 0.717) is 5.78 Å². The van der Waals surface area contributed by atoms with E-state index in [1.165, 1.54) is 25.7 Å². The molecule has 0 aromatic rings. The minimum absolute atomic E-state index is 0.193. The molecule has 0 bridgehead atoms. The minimum atomic E-state index is -0.264. The quantitative estimate of drug-likeness (QED) is 0.732. The van der Waals surface area contributed by atoms with Crippen LogP contribution >= 0.6 is 0 Å². The summed E-state index contributed by atoms with van der Waals surface area (Å²) in [5, 5.41) is 0. The normalized spacial score (nSPS) is 21.5. The summed E-state index contributed by atoms with van der Waals surface area (Å²) in [7, 11) is 0. The molecule has 1 heterocycles. The molecule has 2 nitrogen and oxygen atoms in total. The Morgan fingerprint density at radius 1 is 1.19 bits per heavy atom. The van der Waals surface area contributed by atoms with Crippen LogP contribution in [0, 0.1) is 5.92 Å². The van der Waals surface area contributed by atoms with Crippen LogP contribution < -0.4 is 0 Å². The molecule has 0 saturated carbocycles. The molecular weight excluding hydrogens is 198 g/mol. The Morgan fingerprint density at radius 3 is 2.12 bits per heavy atom. The Morgan fingerprint density at radius 2 is 1.69 bits per heavy atom. The van der Waals surface area contributed by atoms with Crippen LogP contribution in [0.1, 0.15) is 59.8 Å². The zero-order chi connectivity index (χ0) is 12.2. The van der Waals surface area contributed by atoms with Gasteiger partial charge in [-0.1, -0.05) is 26.7 Å². The molecule has 1 fully saturated rings. The molecule has 1 unspecified atom stereocenters. The van der Waals surface area contributed by atoms with Crippen molar-refractivity contribution in [1.82, 2.24) is 4.90 Å². The Kier molecular flexibility index (Phi) is 4.97. The highest BCUT2D eigenvalue weighted by Gasteiger charge is 2.36. The van der Waals surface area contributed by atoms with Crippen molar-refractivity contribution >= 4 is 5.78 Å². The smallest absolute Gasteiger partial charge is 0.155 e. The molecule has 2 heteroatoms. The average Bonchev–Trinajstić information content (AvgIpc) is 2.55. The third-order valence-electron chi connectivity index (χ3n) is 4.06. The average molecular weight is 225 g/mol. The van der Waals surface area contributed by atoms with Gasteiger partial charge in [-0.25, -0.2) is 0 Å². The van der Waals surface area contributed by atoms with E-state index in [9.17, 15) is 4.79 Å². The van der Waals surface area contributed by atoms with Crippen molar-refractivity contribution in [2.75, 3.05) is 13.1 Å². The van der Waals surface area contributed by atoms with E-state index in [4.69, 9.17) is 0 Å². The van der Waals surface area contributed by atoms with Crippen LogP contribution in [-0.4, -0.2) is 29.3 Å². The van der Waals surface area contributed by atoms with Crippen molar-refractivity contribution in [3.63, 3.8) is 0 Å². The van der Waals surface area contributed by atoms with Crippen LogP contribution in [-0.2, 0) is 4.79 Å². The van der Waals surface area contributed by atoms with Gasteiger partial charge < -0.3 is 0 Å². The fourth-order valence-electron chi connectivity index (χ4n) is 2.57. The molecule has 0 N–H and O–H groups in total. The summed E-state index contributed by atoms with van der Waals surface area (Å²) in [5.74, 6) is 0.607. The van der Waals surface area contributed by atoms with Gasteiger partial charge in [0.1, 0.15) is 0 Å².